The molecule has 0 N–H and O–H groups in total. The molecule has 0 aliphatic heterocycles. The molecule has 9 nitrogen and oxygen atoms in total. The van der Waals surface area contributed by atoms with Crippen molar-refractivity contribution in [2.45, 2.75) is 49.5 Å². The Bertz CT molecular complexity index is 1520. The fourth-order valence-corrected chi connectivity index (χ4v) is 6.79. The summed E-state index contributed by atoms with van der Waals surface area (Å²) in [4.78, 5) is 10.8. The lowest BCUT2D eigenvalue weighted by molar-refractivity contribution is 0.311. The van der Waals surface area contributed by atoms with Crippen LogP contribution in [0.5, 0.6) is 0 Å². The molecule has 0 spiro atoms. The molecule has 0 radical (unpaired) electrons. The maximum absolute atomic E-state index is 13.8. The van der Waals surface area contributed by atoms with Gasteiger partial charge in [0, 0.05) is 50.8 Å². The van der Waals surface area contributed by atoms with Gasteiger partial charge in [-0.05, 0) is 49.1 Å². The van der Waals surface area contributed by atoms with E-state index in [2.05, 4.69) is 20.9 Å². The molecule has 0 bridgehead atoms. The van der Waals surface area contributed by atoms with Crippen LogP contribution in [-0.4, -0.2) is 43.9 Å². The van der Waals surface area contributed by atoms with Gasteiger partial charge in [0.05, 0.1) is 36.5 Å². The maximum Gasteiger partial charge on any atom is 0.262 e. The first-order chi connectivity index (χ1) is 18.3. The molecule has 1 aliphatic rings. The quantitative estimate of drug-likeness (QED) is 0.327. The van der Waals surface area contributed by atoms with Crippen LogP contribution in [0.4, 0.5) is 5.69 Å². The van der Waals surface area contributed by atoms with Crippen molar-refractivity contribution < 1.29 is 8.42 Å². The summed E-state index contributed by atoms with van der Waals surface area (Å²) in [5.41, 5.74) is 3.60. The van der Waals surface area contributed by atoms with Gasteiger partial charge in [0.25, 0.3) is 10.0 Å². The second-order valence-corrected chi connectivity index (χ2v) is 11.7. The Hall–Kier alpha value is -3.94. The molecular weight excluding hydrogens is 498 g/mol. The minimum atomic E-state index is -3.81. The van der Waals surface area contributed by atoms with Crippen molar-refractivity contribution in [1.29, 1.82) is 5.26 Å². The van der Waals surface area contributed by atoms with Gasteiger partial charge in [-0.3, -0.25) is 0 Å². The lowest BCUT2D eigenvalue weighted by Crippen LogP contribution is -2.40. The van der Waals surface area contributed by atoms with E-state index in [0.29, 0.717) is 18.5 Å². The second-order valence-electron chi connectivity index (χ2n) is 9.82. The zero-order valence-corrected chi connectivity index (χ0v) is 22.4. The minimum Gasteiger partial charge on any atom is -0.363 e. The zero-order valence-electron chi connectivity index (χ0n) is 21.6. The Morgan fingerprint density at radius 1 is 1.00 bits per heavy atom. The molecule has 2 heterocycles. The fraction of sp³-hybridized carbons (Fsp3) is 0.321. The van der Waals surface area contributed by atoms with Crippen LogP contribution in [0.3, 0.4) is 0 Å². The lowest BCUT2D eigenvalue weighted by Gasteiger charge is -2.33. The van der Waals surface area contributed by atoms with E-state index in [9.17, 15) is 13.7 Å². The van der Waals surface area contributed by atoms with Crippen LogP contribution in [0.1, 0.15) is 36.1 Å². The van der Waals surface area contributed by atoms with Gasteiger partial charge < -0.3 is 14.0 Å². The number of aryl methyl sites for hydroxylation is 2. The fourth-order valence-electron chi connectivity index (χ4n) is 5.17. The summed E-state index contributed by atoms with van der Waals surface area (Å²) in [5.74, 6) is 0. The number of sulfonamides is 1. The minimum absolute atomic E-state index is 0.0678. The Labute approximate surface area is 223 Å². The first kappa shape index (κ1) is 25.7. The van der Waals surface area contributed by atoms with Gasteiger partial charge in [-0.2, -0.15) is 9.57 Å². The molecular formula is C28H31N7O2S. The maximum atomic E-state index is 13.8. The number of benzene rings is 2. The predicted molar refractivity (Wildman–Crippen MR) is 144 cm³/mol. The van der Waals surface area contributed by atoms with E-state index in [1.807, 2.05) is 72.4 Å². The average molecular weight is 530 g/mol. The van der Waals surface area contributed by atoms with Crippen LogP contribution in [0.2, 0.25) is 0 Å². The third kappa shape index (κ3) is 5.35. The Balaban J connectivity index is 1.46. The molecule has 1 fully saturated rings. The van der Waals surface area contributed by atoms with Gasteiger partial charge in [-0.25, -0.2) is 18.4 Å². The van der Waals surface area contributed by atoms with E-state index in [1.54, 1.807) is 28.4 Å². The largest absolute Gasteiger partial charge is 0.363 e. The van der Waals surface area contributed by atoms with Crippen LogP contribution in [0.25, 0.3) is 0 Å². The Morgan fingerprint density at radius 2 is 1.74 bits per heavy atom. The molecule has 196 valence electrons. The topological polar surface area (TPSA) is 100 Å². The number of nitrogens with zero attached hydrogens (tertiary/aromatic N) is 7. The summed E-state index contributed by atoms with van der Waals surface area (Å²) < 4.78 is 33.0. The molecule has 0 saturated heterocycles. The molecule has 1 saturated carbocycles. The number of anilines is 1. The standard InChI is InChI=1S/C28H31N7O2S/c1-32-19-28(31-21-32)38(36,37)35(17-23-6-4-3-5-7-23)26-13-12-25(14-26)34(18-27-16-30-20-33(27)2)24-10-8-22(15-29)9-11-24/h3-11,16,19-21,25-26H,12-14,17-18H2,1-2H3/t25-,26+/m1/s1. The first-order valence-electron chi connectivity index (χ1n) is 12.6. The zero-order chi connectivity index (χ0) is 26.7. The van der Waals surface area contributed by atoms with Gasteiger partial charge in [0.1, 0.15) is 0 Å². The van der Waals surface area contributed by atoms with Gasteiger partial charge in [0.15, 0.2) is 5.03 Å². The summed E-state index contributed by atoms with van der Waals surface area (Å²) in [6.45, 7) is 0.918. The molecule has 5 rings (SSSR count). The van der Waals surface area contributed by atoms with E-state index in [0.717, 1.165) is 29.8 Å². The van der Waals surface area contributed by atoms with Crippen molar-refractivity contribution in [2.75, 3.05) is 4.90 Å². The average Bonchev–Trinajstić information content (AvgIpc) is 3.68. The number of nitriles is 1. The summed E-state index contributed by atoms with van der Waals surface area (Å²) in [5, 5.41) is 9.33. The van der Waals surface area contributed by atoms with Crippen molar-refractivity contribution >= 4 is 15.7 Å². The Kier molecular flexibility index (Phi) is 7.31. The highest BCUT2D eigenvalue weighted by Gasteiger charge is 2.39. The van der Waals surface area contributed by atoms with E-state index < -0.39 is 10.0 Å². The molecule has 0 unspecified atom stereocenters. The van der Waals surface area contributed by atoms with Crippen LogP contribution in [0.15, 0.2) is 84.7 Å². The van der Waals surface area contributed by atoms with Crippen molar-refractivity contribution in [3.05, 3.63) is 96.5 Å². The van der Waals surface area contributed by atoms with E-state index in [1.165, 1.54) is 6.33 Å². The van der Waals surface area contributed by atoms with Crippen LogP contribution in [0, 0.1) is 11.3 Å². The lowest BCUT2D eigenvalue weighted by atomic mass is 10.1. The van der Waals surface area contributed by atoms with E-state index in [-0.39, 0.29) is 23.7 Å². The molecule has 2 aromatic heterocycles. The number of hydrogen-bond donors (Lipinski definition) is 0. The van der Waals surface area contributed by atoms with Gasteiger partial charge in [0.2, 0.25) is 0 Å². The van der Waals surface area contributed by atoms with Gasteiger partial charge in [-0.1, -0.05) is 30.3 Å². The molecule has 1 aliphatic carbocycles. The van der Waals surface area contributed by atoms with Crippen molar-refractivity contribution in [3.63, 3.8) is 0 Å². The normalized spacial score (nSPS) is 17.5. The first-order valence-corrected chi connectivity index (χ1v) is 14.0. The highest BCUT2D eigenvalue weighted by Crippen LogP contribution is 2.35. The Morgan fingerprint density at radius 3 is 2.37 bits per heavy atom. The van der Waals surface area contributed by atoms with Gasteiger partial charge in [-0.15, -0.1) is 0 Å². The molecule has 10 heteroatoms. The third-order valence-corrected chi connectivity index (χ3v) is 9.02. The van der Waals surface area contributed by atoms with Crippen molar-refractivity contribution in [3.8, 4) is 6.07 Å². The van der Waals surface area contributed by atoms with Crippen LogP contribution >= 0.6 is 0 Å². The van der Waals surface area contributed by atoms with E-state index in [4.69, 9.17) is 0 Å². The molecule has 2 atom stereocenters. The molecule has 4 aromatic rings. The SMILES string of the molecule is Cn1cnc(S(=O)(=O)N(Cc2ccccc2)[C@H]2CC[C@@H](N(Cc3cncn3C)c3ccc(C#N)cc3)C2)c1. The van der Waals surface area contributed by atoms with Crippen LogP contribution < -0.4 is 4.90 Å². The highest BCUT2D eigenvalue weighted by atomic mass is 32.2. The summed E-state index contributed by atoms with van der Waals surface area (Å²) >= 11 is 0. The molecule has 2 aromatic carbocycles. The third-order valence-electron chi connectivity index (χ3n) is 7.24. The number of imidazole rings is 2. The smallest absolute Gasteiger partial charge is 0.262 e. The number of aromatic nitrogens is 4. The second kappa shape index (κ2) is 10.8. The monoisotopic (exact) mass is 529 g/mol. The number of hydrogen-bond acceptors (Lipinski definition) is 6. The van der Waals surface area contributed by atoms with Crippen LogP contribution in [-0.2, 0) is 37.2 Å². The summed E-state index contributed by atoms with van der Waals surface area (Å²) in [6.07, 6.45) is 8.97. The summed E-state index contributed by atoms with van der Waals surface area (Å²) in [6, 6.07) is 19.4. The van der Waals surface area contributed by atoms with Crippen molar-refractivity contribution in [1.82, 2.24) is 23.4 Å². The summed E-state index contributed by atoms with van der Waals surface area (Å²) in [7, 11) is -0.0677. The number of rotatable bonds is 9. The molecule has 0 amide bonds. The predicted octanol–water partition coefficient (Wildman–Crippen LogP) is 3.84. The van der Waals surface area contributed by atoms with Crippen molar-refractivity contribution in [2.24, 2.45) is 14.1 Å². The van der Waals surface area contributed by atoms with Gasteiger partial charge >= 0.3 is 0 Å². The highest BCUT2D eigenvalue weighted by molar-refractivity contribution is 7.89. The van der Waals surface area contributed by atoms with E-state index >= 15 is 0 Å². The molecule has 38 heavy (non-hydrogen) atoms.